The van der Waals surface area contributed by atoms with Crippen LogP contribution in [-0.2, 0) is 6.42 Å². The maximum absolute atomic E-state index is 12.7. The van der Waals surface area contributed by atoms with Crippen LogP contribution in [-0.4, -0.2) is 21.1 Å². The van der Waals surface area contributed by atoms with Crippen molar-refractivity contribution in [2.24, 2.45) is 0 Å². The minimum absolute atomic E-state index is 0.158. The summed E-state index contributed by atoms with van der Waals surface area (Å²) in [6.45, 7) is 5.81. The molecule has 0 aliphatic rings. The van der Waals surface area contributed by atoms with Crippen molar-refractivity contribution in [3.8, 4) is 0 Å². The summed E-state index contributed by atoms with van der Waals surface area (Å²) in [5.74, 6) is 0.430. The number of aromatic nitrogens is 3. The van der Waals surface area contributed by atoms with Gasteiger partial charge in [-0.3, -0.25) is 9.89 Å². The first-order chi connectivity index (χ1) is 13.9. The predicted molar refractivity (Wildman–Crippen MR) is 112 cm³/mol. The first-order valence-corrected chi connectivity index (χ1v) is 9.74. The lowest BCUT2D eigenvalue weighted by Gasteiger charge is -2.14. The Bertz CT molecular complexity index is 1160. The number of amides is 1. The highest BCUT2D eigenvalue weighted by molar-refractivity contribution is 6.30. The molecule has 0 bridgehead atoms. The van der Waals surface area contributed by atoms with E-state index in [1.807, 2.05) is 45.0 Å². The minimum atomic E-state index is -0.165. The number of hydrogen-bond donors (Lipinski definition) is 2. The van der Waals surface area contributed by atoms with Gasteiger partial charge in [-0.1, -0.05) is 23.7 Å². The fraction of sp³-hybridized carbons (Fsp3) is 0.227. The number of H-pyrrole nitrogens is 1. The number of hydrogen-bond acceptors (Lipinski definition) is 4. The van der Waals surface area contributed by atoms with E-state index in [-0.39, 0.29) is 11.9 Å². The molecule has 1 amide bonds. The van der Waals surface area contributed by atoms with Crippen molar-refractivity contribution in [1.82, 2.24) is 20.5 Å². The number of aromatic amines is 1. The molecule has 0 fully saturated rings. The molecular formula is C22H21ClN4O2. The maximum Gasteiger partial charge on any atom is 0.251 e. The molecule has 4 aromatic rings. The van der Waals surface area contributed by atoms with Gasteiger partial charge in [0.1, 0.15) is 5.52 Å². The lowest BCUT2D eigenvalue weighted by atomic mass is 10.1. The summed E-state index contributed by atoms with van der Waals surface area (Å²) in [5.41, 5.74) is 5.74. The van der Waals surface area contributed by atoms with Crippen LogP contribution in [0.1, 0.15) is 51.7 Å². The predicted octanol–water partition coefficient (Wildman–Crippen LogP) is 4.90. The highest BCUT2D eigenvalue weighted by Gasteiger charge is 2.18. The molecule has 0 unspecified atom stereocenters. The summed E-state index contributed by atoms with van der Waals surface area (Å²) in [7, 11) is 0. The SMILES string of the molecule is Cc1n[nH]c(C)c1[C@@H](C)NC(=O)c1ccc2oc(Cc3ccc(Cl)cc3)nc2c1. The molecule has 148 valence electrons. The summed E-state index contributed by atoms with van der Waals surface area (Å²) in [5, 5.41) is 10.9. The first-order valence-electron chi connectivity index (χ1n) is 9.37. The van der Waals surface area contributed by atoms with E-state index in [0.717, 1.165) is 22.5 Å². The van der Waals surface area contributed by atoms with Crippen molar-refractivity contribution in [2.45, 2.75) is 33.2 Å². The molecule has 0 saturated heterocycles. The van der Waals surface area contributed by atoms with E-state index in [1.54, 1.807) is 18.2 Å². The van der Waals surface area contributed by atoms with Gasteiger partial charge in [0.15, 0.2) is 11.5 Å². The Morgan fingerprint density at radius 2 is 1.97 bits per heavy atom. The van der Waals surface area contributed by atoms with Crippen LogP contribution in [0.5, 0.6) is 0 Å². The third kappa shape index (κ3) is 4.03. The fourth-order valence-electron chi connectivity index (χ4n) is 3.52. The number of oxazole rings is 1. The molecule has 6 nitrogen and oxygen atoms in total. The van der Waals surface area contributed by atoms with Gasteiger partial charge in [-0.15, -0.1) is 0 Å². The molecule has 0 aliphatic carbocycles. The zero-order chi connectivity index (χ0) is 20.5. The molecule has 29 heavy (non-hydrogen) atoms. The molecule has 0 spiro atoms. The minimum Gasteiger partial charge on any atom is -0.440 e. The molecule has 2 N–H and O–H groups in total. The first kappa shape index (κ1) is 19.2. The second-order valence-corrected chi connectivity index (χ2v) is 7.57. The Balaban J connectivity index is 1.52. The van der Waals surface area contributed by atoms with Crippen molar-refractivity contribution in [2.75, 3.05) is 0 Å². The normalized spacial score (nSPS) is 12.3. The quantitative estimate of drug-likeness (QED) is 0.491. The smallest absolute Gasteiger partial charge is 0.251 e. The second kappa shape index (κ2) is 7.72. The van der Waals surface area contributed by atoms with Crippen LogP contribution in [0.2, 0.25) is 5.02 Å². The zero-order valence-corrected chi connectivity index (χ0v) is 17.2. The lowest BCUT2D eigenvalue weighted by Crippen LogP contribution is -2.27. The molecule has 0 radical (unpaired) electrons. The van der Waals surface area contributed by atoms with Crippen molar-refractivity contribution < 1.29 is 9.21 Å². The van der Waals surface area contributed by atoms with Crippen LogP contribution in [0.4, 0.5) is 0 Å². The number of aryl methyl sites for hydroxylation is 2. The maximum atomic E-state index is 12.7. The van der Waals surface area contributed by atoms with E-state index in [2.05, 4.69) is 20.5 Å². The molecule has 1 atom stereocenters. The summed E-state index contributed by atoms with van der Waals surface area (Å²) in [6.07, 6.45) is 0.559. The summed E-state index contributed by atoms with van der Waals surface area (Å²) < 4.78 is 5.82. The Morgan fingerprint density at radius 1 is 1.21 bits per heavy atom. The number of nitrogens with one attached hydrogen (secondary N) is 2. The molecule has 2 aromatic heterocycles. The average Bonchev–Trinajstić information content (AvgIpc) is 3.24. The second-order valence-electron chi connectivity index (χ2n) is 7.14. The van der Waals surface area contributed by atoms with Crippen molar-refractivity contribution >= 4 is 28.6 Å². The number of carbonyl (C=O) groups is 1. The summed E-state index contributed by atoms with van der Waals surface area (Å²) in [4.78, 5) is 17.3. The third-order valence-corrected chi connectivity index (χ3v) is 5.18. The highest BCUT2D eigenvalue weighted by atomic mass is 35.5. The third-order valence-electron chi connectivity index (χ3n) is 4.93. The number of benzene rings is 2. The van der Waals surface area contributed by atoms with Crippen LogP contribution < -0.4 is 5.32 Å². The molecule has 7 heteroatoms. The van der Waals surface area contributed by atoms with Gasteiger partial charge in [0.25, 0.3) is 5.91 Å². The molecule has 0 saturated carbocycles. The highest BCUT2D eigenvalue weighted by Crippen LogP contribution is 2.22. The van der Waals surface area contributed by atoms with Crippen molar-refractivity contribution in [3.05, 3.63) is 81.5 Å². The fourth-order valence-corrected chi connectivity index (χ4v) is 3.64. The Labute approximate surface area is 173 Å². The standard InChI is InChI=1S/C22H21ClN4O2/c1-12(21-13(2)26-27-14(21)3)24-22(28)16-6-9-19-18(11-16)25-20(29-19)10-15-4-7-17(23)8-5-15/h4-9,11-12H,10H2,1-3H3,(H,24,28)(H,26,27)/t12-/m1/s1. The van der Waals surface area contributed by atoms with Crippen LogP contribution in [0.15, 0.2) is 46.9 Å². The van der Waals surface area contributed by atoms with Gasteiger partial charge in [-0.25, -0.2) is 4.98 Å². The Hall–Kier alpha value is -3.12. The number of nitrogens with zero attached hydrogens (tertiary/aromatic N) is 2. The van der Waals surface area contributed by atoms with Gasteiger partial charge in [-0.05, 0) is 56.7 Å². The van der Waals surface area contributed by atoms with Crippen LogP contribution >= 0.6 is 11.6 Å². The van der Waals surface area contributed by atoms with E-state index in [1.165, 1.54) is 0 Å². The number of halogens is 1. The van der Waals surface area contributed by atoms with E-state index in [0.29, 0.717) is 34.0 Å². The van der Waals surface area contributed by atoms with Gasteiger partial charge >= 0.3 is 0 Å². The Morgan fingerprint density at radius 3 is 2.66 bits per heavy atom. The zero-order valence-electron chi connectivity index (χ0n) is 16.4. The number of rotatable bonds is 5. The molecule has 4 rings (SSSR count). The molecule has 2 heterocycles. The summed E-state index contributed by atoms with van der Waals surface area (Å²) in [6, 6.07) is 12.7. The lowest BCUT2D eigenvalue weighted by molar-refractivity contribution is 0.0940. The molecule has 2 aromatic carbocycles. The van der Waals surface area contributed by atoms with Gasteiger partial charge in [0.2, 0.25) is 0 Å². The van der Waals surface area contributed by atoms with Crippen LogP contribution in [0, 0.1) is 13.8 Å². The molecule has 0 aliphatic heterocycles. The molecular weight excluding hydrogens is 388 g/mol. The van der Waals surface area contributed by atoms with Gasteiger partial charge in [0, 0.05) is 28.3 Å². The topological polar surface area (TPSA) is 83.8 Å². The Kier molecular flexibility index (Phi) is 5.11. The van der Waals surface area contributed by atoms with E-state index in [9.17, 15) is 4.79 Å². The van der Waals surface area contributed by atoms with Crippen LogP contribution in [0.3, 0.4) is 0 Å². The van der Waals surface area contributed by atoms with E-state index < -0.39 is 0 Å². The van der Waals surface area contributed by atoms with Gasteiger partial charge in [0.05, 0.1) is 11.7 Å². The van der Waals surface area contributed by atoms with Crippen molar-refractivity contribution in [3.63, 3.8) is 0 Å². The van der Waals surface area contributed by atoms with Crippen molar-refractivity contribution in [1.29, 1.82) is 0 Å². The van der Waals surface area contributed by atoms with Gasteiger partial charge < -0.3 is 9.73 Å². The number of fused-ring (bicyclic) bond motifs is 1. The average molecular weight is 409 g/mol. The van der Waals surface area contributed by atoms with Crippen LogP contribution in [0.25, 0.3) is 11.1 Å². The monoisotopic (exact) mass is 408 g/mol. The van der Waals surface area contributed by atoms with E-state index in [4.69, 9.17) is 16.0 Å². The summed E-state index contributed by atoms with van der Waals surface area (Å²) >= 11 is 5.93. The van der Waals surface area contributed by atoms with Gasteiger partial charge in [-0.2, -0.15) is 5.10 Å². The van der Waals surface area contributed by atoms with E-state index >= 15 is 0 Å². The largest absolute Gasteiger partial charge is 0.440 e. The number of carbonyl (C=O) groups excluding carboxylic acids is 1.